The molecule has 35 heavy (non-hydrogen) atoms. The highest BCUT2D eigenvalue weighted by Crippen LogP contribution is 2.52. The number of hydrogen-bond acceptors (Lipinski definition) is 9. The molecule has 7 N–H and O–H groups in total. The number of halogens is 1. The highest BCUT2D eigenvalue weighted by Gasteiger charge is 2.66. The summed E-state index contributed by atoms with van der Waals surface area (Å²) in [6.45, 7) is -0.429. The molecule has 0 aliphatic heterocycles. The molecule has 3 aliphatic carbocycles. The number of phenolic OH excluding ortho intramolecular Hbond substituents is 1. The summed E-state index contributed by atoms with van der Waals surface area (Å²) in [5.41, 5.74) is 3.33. The zero-order chi connectivity index (χ0) is 26.0. The number of nitrogens with zero attached hydrogens (tertiary/aromatic N) is 1. The lowest BCUT2D eigenvalue weighted by atomic mass is 9.56. The monoisotopic (exact) mass is 506 g/mol. The van der Waals surface area contributed by atoms with Gasteiger partial charge in [0.1, 0.15) is 17.4 Å². The van der Waals surface area contributed by atoms with Crippen molar-refractivity contribution in [2.45, 2.75) is 30.6 Å². The fraction of sp³-hybridized carbons (Fsp3) is 0.458. The van der Waals surface area contributed by atoms with Crippen molar-refractivity contribution in [3.8, 4) is 5.75 Å². The molecule has 1 saturated carbocycles. The fourth-order valence-corrected chi connectivity index (χ4v) is 6.10. The molecule has 0 aromatic heterocycles. The molecule has 188 valence electrons. The molecule has 11 heteroatoms. The van der Waals surface area contributed by atoms with Crippen molar-refractivity contribution in [2.75, 3.05) is 20.7 Å². The van der Waals surface area contributed by atoms with Crippen LogP contribution in [0.5, 0.6) is 5.75 Å². The highest BCUT2D eigenvalue weighted by molar-refractivity contribution is 6.31. The molecular formula is C24H27ClN2O8. The van der Waals surface area contributed by atoms with Crippen molar-refractivity contribution >= 4 is 35.2 Å². The summed E-state index contributed by atoms with van der Waals surface area (Å²) in [5, 5.41) is 53.6. The van der Waals surface area contributed by atoms with E-state index in [2.05, 4.69) is 0 Å². The number of allylic oxidation sites excluding steroid dienone is 1. The number of primary amides is 1. The number of nitrogens with two attached hydrogens (primary N) is 1. The molecule has 10 nitrogen and oxygen atoms in total. The Morgan fingerprint density at radius 1 is 1.29 bits per heavy atom. The minimum absolute atomic E-state index is 0.0186. The molecular weight excluding hydrogens is 480 g/mol. The van der Waals surface area contributed by atoms with Gasteiger partial charge >= 0.3 is 0 Å². The number of rotatable bonds is 4. The smallest absolute Gasteiger partial charge is 0.230 e. The molecule has 0 saturated heterocycles. The average Bonchev–Trinajstić information content (AvgIpc) is 2.77. The minimum Gasteiger partial charge on any atom is -0.508 e. The number of carbonyl (C=O) groups excluding carboxylic acids is 3. The minimum atomic E-state index is -2.62. The van der Waals surface area contributed by atoms with Crippen LogP contribution in [-0.2, 0) is 16.0 Å². The third kappa shape index (κ3) is 3.59. The van der Waals surface area contributed by atoms with Gasteiger partial charge in [0.2, 0.25) is 5.91 Å². The summed E-state index contributed by atoms with van der Waals surface area (Å²) < 4.78 is 0. The van der Waals surface area contributed by atoms with Crippen molar-refractivity contribution in [1.29, 1.82) is 0 Å². The summed E-state index contributed by atoms with van der Waals surface area (Å²) in [7, 11) is 3.19. The Bertz CT molecular complexity index is 1190. The van der Waals surface area contributed by atoms with E-state index in [1.807, 2.05) is 0 Å². The van der Waals surface area contributed by atoms with Gasteiger partial charge in [-0.1, -0.05) is 17.7 Å². The number of amides is 1. The Hall–Kier alpha value is -2.76. The summed E-state index contributed by atoms with van der Waals surface area (Å²) in [5.74, 6) is -7.87. The van der Waals surface area contributed by atoms with Gasteiger partial charge in [0.25, 0.3) is 0 Å². The lowest BCUT2D eigenvalue weighted by molar-refractivity contribution is -0.178. The number of aliphatic hydroxyl groups excluding tert-OH is 3. The molecule has 1 aromatic carbocycles. The molecule has 0 spiro atoms. The lowest BCUT2D eigenvalue weighted by Crippen LogP contribution is -2.71. The van der Waals surface area contributed by atoms with Crippen LogP contribution in [0.4, 0.5) is 0 Å². The van der Waals surface area contributed by atoms with E-state index in [0.717, 1.165) is 0 Å². The quantitative estimate of drug-likeness (QED) is 0.303. The number of phenols is 1. The number of likely N-dealkylation sites (N-methyl/N-ethyl adjacent to an activating group) is 1. The number of Topliss-reactive ketones (excluding diaryl/α,β-unsaturated/α-hetero) is 2. The first-order valence-electron chi connectivity index (χ1n) is 11.1. The summed E-state index contributed by atoms with van der Waals surface area (Å²) >= 11 is 5.99. The number of aliphatic hydroxyl groups is 4. The highest BCUT2D eigenvalue weighted by atomic mass is 35.5. The second-order valence-electron chi connectivity index (χ2n) is 9.57. The van der Waals surface area contributed by atoms with Crippen molar-refractivity contribution in [3.63, 3.8) is 0 Å². The van der Waals surface area contributed by atoms with Crippen LogP contribution in [0.25, 0.3) is 6.08 Å². The molecule has 3 aliphatic rings. The van der Waals surface area contributed by atoms with Crippen LogP contribution < -0.4 is 5.73 Å². The van der Waals surface area contributed by atoms with Crippen molar-refractivity contribution in [1.82, 2.24) is 4.90 Å². The van der Waals surface area contributed by atoms with E-state index < -0.39 is 65.3 Å². The topological polar surface area (TPSA) is 182 Å². The van der Waals surface area contributed by atoms with E-state index in [0.29, 0.717) is 11.1 Å². The normalized spacial score (nSPS) is 32.9. The Morgan fingerprint density at radius 2 is 1.94 bits per heavy atom. The first-order chi connectivity index (χ1) is 16.4. The van der Waals surface area contributed by atoms with Crippen molar-refractivity contribution in [3.05, 3.63) is 45.2 Å². The van der Waals surface area contributed by atoms with Gasteiger partial charge in [-0.25, -0.2) is 0 Å². The van der Waals surface area contributed by atoms with Gasteiger partial charge in [0.05, 0.1) is 18.3 Å². The lowest BCUT2D eigenvalue weighted by Gasteiger charge is -2.53. The zero-order valence-electron chi connectivity index (χ0n) is 19.1. The molecule has 0 bridgehead atoms. The van der Waals surface area contributed by atoms with Gasteiger partial charge < -0.3 is 36.2 Å². The molecule has 6 atom stereocenters. The first-order valence-corrected chi connectivity index (χ1v) is 11.4. The van der Waals surface area contributed by atoms with Gasteiger partial charge in [-0.2, -0.15) is 0 Å². The van der Waals surface area contributed by atoms with E-state index in [9.17, 15) is 39.9 Å². The van der Waals surface area contributed by atoms with E-state index in [-0.39, 0.29) is 34.8 Å². The molecule has 4 rings (SSSR count). The Kier molecular flexibility index (Phi) is 6.31. The number of benzene rings is 1. The Morgan fingerprint density at radius 3 is 2.51 bits per heavy atom. The standard InChI is InChI=1S/C24H27ClN2O8/c1-27(2)18-13-7-10-6-12-9(5-11(25)8-28)3-4-14(29)16(12)19(30)15(10)21(32)24(13,35)22(33)17(20(18)31)23(26)34/h3-5,10,13,17-18,20,28-29,31-32,35H,6-8H2,1-2H3,(H2,26,34)/b11-5-/t10-,13-,17?,18-,20?,24-/m0/s1. The van der Waals surface area contributed by atoms with Gasteiger partial charge in [-0.15, -0.1) is 0 Å². The third-order valence-electron chi connectivity index (χ3n) is 7.48. The number of ketones is 2. The molecule has 2 unspecified atom stereocenters. The fourth-order valence-electron chi connectivity index (χ4n) is 5.98. The maximum Gasteiger partial charge on any atom is 0.230 e. The van der Waals surface area contributed by atoms with Crippen LogP contribution in [0.2, 0.25) is 0 Å². The molecule has 1 fully saturated rings. The number of carbonyl (C=O) groups is 3. The van der Waals surface area contributed by atoms with Crippen LogP contribution in [0.15, 0.2) is 28.5 Å². The van der Waals surface area contributed by atoms with E-state index in [1.165, 1.54) is 12.1 Å². The first kappa shape index (κ1) is 25.3. The van der Waals surface area contributed by atoms with Crippen LogP contribution in [0, 0.1) is 17.8 Å². The maximum absolute atomic E-state index is 13.6. The molecule has 0 radical (unpaired) electrons. The zero-order valence-corrected chi connectivity index (χ0v) is 19.9. The number of aromatic hydroxyl groups is 1. The van der Waals surface area contributed by atoms with Gasteiger partial charge in [0.15, 0.2) is 17.2 Å². The Labute approximate surface area is 205 Å². The maximum atomic E-state index is 13.6. The van der Waals surface area contributed by atoms with Gasteiger partial charge in [-0.3, -0.25) is 14.4 Å². The van der Waals surface area contributed by atoms with Gasteiger partial charge in [0, 0.05) is 22.6 Å². The van der Waals surface area contributed by atoms with E-state index >= 15 is 0 Å². The van der Waals surface area contributed by atoms with Crippen molar-refractivity contribution < 1.29 is 39.9 Å². The van der Waals surface area contributed by atoms with E-state index in [4.69, 9.17) is 17.3 Å². The van der Waals surface area contributed by atoms with Gasteiger partial charge in [-0.05, 0) is 56.1 Å². The third-order valence-corrected chi connectivity index (χ3v) is 7.71. The molecule has 1 aromatic rings. The van der Waals surface area contributed by atoms with Crippen LogP contribution in [0.3, 0.4) is 0 Å². The van der Waals surface area contributed by atoms with Crippen molar-refractivity contribution in [2.24, 2.45) is 23.5 Å². The van der Waals surface area contributed by atoms with E-state index in [1.54, 1.807) is 25.1 Å². The number of fused-ring (bicyclic) bond motifs is 3. The van der Waals surface area contributed by atoms with Crippen LogP contribution >= 0.6 is 11.6 Å². The second-order valence-corrected chi connectivity index (χ2v) is 10.1. The second kappa shape index (κ2) is 8.72. The van der Waals surface area contributed by atoms with Crippen LogP contribution in [0.1, 0.15) is 27.9 Å². The molecule has 1 amide bonds. The predicted octanol–water partition coefficient (Wildman–Crippen LogP) is -0.142. The largest absolute Gasteiger partial charge is 0.508 e. The summed E-state index contributed by atoms with van der Waals surface area (Å²) in [6, 6.07) is 1.87. The average molecular weight is 507 g/mol. The molecule has 0 heterocycles. The summed E-state index contributed by atoms with van der Waals surface area (Å²) in [4.78, 5) is 40.4. The summed E-state index contributed by atoms with van der Waals surface area (Å²) in [6.07, 6.45) is 0.0960. The van der Waals surface area contributed by atoms with Crippen LogP contribution in [-0.4, -0.2) is 86.4 Å². The predicted molar refractivity (Wildman–Crippen MR) is 124 cm³/mol. The SMILES string of the molecule is CN(C)[C@@H]1C(O)C(C(N)=O)C(=O)[C@@]2(O)C(O)=C3C(=O)c4c(O)ccc(/C=C(\Cl)CO)c4C[C@H]3C[C@@H]12. The number of hydrogen-bond donors (Lipinski definition) is 6. The Balaban J connectivity index is 1.94.